The summed E-state index contributed by atoms with van der Waals surface area (Å²) in [6.45, 7) is 4.15. The summed E-state index contributed by atoms with van der Waals surface area (Å²) in [4.78, 5) is 25.9. The Kier molecular flexibility index (Phi) is 3.03. The van der Waals surface area contributed by atoms with Gasteiger partial charge in [0.1, 0.15) is 17.0 Å². The average Bonchev–Trinajstić information content (AvgIpc) is 2.92. The summed E-state index contributed by atoms with van der Waals surface area (Å²) in [5, 5.41) is 6.74. The molecule has 3 amide bonds. The molecule has 3 rings (SSSR count). The molecule has 0 unspecified atom stereocenters. The first-order valence-corrected chi connectivity index (χ1v) is 7.06. The Morgan fingerprint density at radius 3 is 2.75 bits per heavy atom. The van der Waals surface area contributed by atoms with Gasteiger partial charge in [0.2, 0.25) is 0 Å². The maximum absolute atomic E-state index is 12.6. The van der Waals surface area contributed by atoms with Gasteiger partial charge in [-0.15, -0.1) is 0 Å². The van der Waals surface area contributed by atoms with Gasteiger partial charge < -0.3 is 9.84 Å². The Bertz CT molecular complexity index is 544. The summed E-state index contributed by atoms with van der Waals surface area (Å²) in [5.41, 5.74) is -0.0743. The van der Waals surface area contributed by atoms with Gasteiger partial charge >= 0.3 is 6.03 Å². The third-order valence-corrected chi connectivity index (χ3v) is 4.37. The highest BCUT2D eigenvalue weighted by Crippen LogP contribution is 2.36. The summed E-state index contributed by atoms with van der Waals surface area (Å²) >= 11 is 0. The van der Waals surface area contributed by atoms with Crippen molar-refractivity contribution in [3.05, 3.63) is 17.5 Å². The fraction of sp³-hybridized carbons (Fsp3) is 0.643. The van der Waals surface area contributed by atoms with Gasteiger partial charge in [-0.25, -0.2) is 4.79 Å². The van der Waals surface area contributed by atoms with E-state index in [2.05, 4.69) is 17.4 Å². The predicted molar refractivity (Wildman–Crippen MR) is 70.7 cm³/mol. The Labute approximate surface area is 117 Å². The van der Waals surface area contributed by atoms with Gasteiger partial charge in [-0.2, -0.15) is 0 Å². The molecule has 2 aliphatic rings. The van der Waals surface area contributed by atoms with Crippen LogP contribution in [0.4, 0.5) is 4.79 Å². The lowest BCUT2D eigenvalue weighted by molar-refractivity contribution is -0.133. The number of carbonyl (C=O) groups is 2. The number of aryl methyl sites for hydroxylation is 1. The number of urea groups is 1. The molecular weight excluding hydrogens is 258 g/mol. The van der Waals surface area contributed by atoms with Crippen molar-refractivity contribution in [3.63, 3.8) is 0 Å². The van der Waals surface area contributed by atoms with Crippen LogP contribution in [0.1, 0.15) is 44.1 Å². The number of nitrogens with zero attached hydrogens (tertiary/aromatic N) is 2. The van der Waals surface area contributed by atoms with Crippen molar-refractivity contribution in [2.24, 2.45) is 5.92 Å². The first-order chi connectivity index (χ1) is 9.50. The fourth-order valence-corrected chi connectivity index (χ4v) is 3.07. The van der Waals surface area contributed by atoms with E-state index in [1.54, 1.807) is 13.0 Å². The summed E-state index contributed by atoms with van der Waals surface area (Å²) in [6.07, 6.45) is 3.41. The van der Waals surface area contributed by atoms with E-state index in [1.165, 1.54) is 4.90 Å². The van der Waals surface area contributed by atoms with E-state index < -0.39 is 5.54 Å². The van der Waals surface area contributed by atoms with Crippen LogP contribution in [0.15, 0.2) is 10.6 Å². The maximum Gasteiger partial charge on any atom is 0.325 e. The van der Waals surface area contributed by atoms with Crippen LogP contribution in [0.5, 0.6) is 0 Å². The summed E-state index contributed by atoms with van der Waals surface area (Å²) in [5.74, 6) is 1.18. The zero-order valence-corrected chi connectivity index (χ0v) is 11.8. The molecule has 1 aromatic heterocycles. The number of rotatable bonds is 2. The zero-order chi connectivity index (χ0) is 14.3. The lowest BCUT2D eigenvalue weighted by Crippen LogP contribution is -2.49. The summed E-state index contributed by atoms with van der Waals surface area (Å²) < 4.78 is 4.98. The smallest absolute Gasteiger partial charge is 0.325 e. The van der Waals surface area contributed by atoms with Gasteiger partial charge in [0, 0.05) is 6.07 Å². The first kappa shape index (κ1) is 13.1. The van der Waals surface area contributed by atoms with Gasteiger partial charge in [-0.1, -0.05) is 12.1 Å². The minimum atomic E-state index is -0.678. The molecule has 20 heavy (non-hydrogen) atoms. The quantitative estimate of drug-likeness (QED) is 0.839. The minimum Gasteiger partial charge on any atom is -0.361 e. The van der Waals surface area contributed by atoms with Crippen LogP contribution in [0.25, 0.3) is 0 Å². The Balaban J connectivity index is 1.77. The van der Waals surface area contributed by atoms with Gasteiger partial charge in [-0.3, -0.25) is 9.69 Å². The highest BCUT2D eigenvalue weighted by Gasteiger charge is 2.52. The van der Waals surface area contributed by atoms with Crippen molar-refractivity contribution >= 4 is 11.9 Å². The van der Waals surface area contributed by atoms with Crippen molar-refractivity contribution in [3.8, 4) is 0 Å². The molecular formula is C14H19N3O3. The molecule has 0 radical (unpaired) electrons. The van der Waals surface area contributed by atoms with Gasteiger partial charge in [0.15, 0.2) is 0 Å². The molecule has 0 atom stereocenters. The van der Waals surface area contributed by atoms with Crippen LogP contribution >= 0.6 is 0 Å². The topological polar surface area (TPSA) is 75.4 Å². The number of amides is 3. The second kappa shape index (κ2) is 4.61. The van der Waals surface area contributed by atoms with Crippen LogP contribution in [0.2, 0.25) is 0 Å². The van der Waals surface area contributed by atoms with Crippen molar-refractivity contribution < 1.29 is 14.1 Å². The lowest BCUT2D eigenvalue weighted by Gasteiger charge is -2.33. The summed E-state index contributed by atoms with van der Waals surface area (Å²) in [6, 6.07) is 1.43. The molecule has 0 aromatic carbocycles. The third-order valence-electron chi connectivity index (χ3n) is 4.37. The fourth-order valence-electron chi connectivity index (χ4n) is 3.07. The Hall–Kier alpha value is -1.85. The number of hydrogen-bond donors (Lipinski definition) is 1. The van der Waals surface area contributed by atoms with Crippen LogP contribution in [0.3, 0.4) is 0 Å². The van der Waals surface area contributed by atoms with Gasteiger partial charge in [0.25, 0.3) is 5.91 Å². The molecule has 6 nitrogen and oxygen atoms in total. The van der Waals surface area contributed by atoms with Crippen molar-refractivity contribution in [2.45, 2.75) is 51.6 Å². The van der Waals surface area contributed by atoms with Crippen molar-refractivity contribution in [1.82, 2.24) is 15.4 Å². The molecule has 1 aliphatic carbocycles. The average molecular weight is 277 g/mol. The predicted octanol–water partition coefficient (Wildman–Crippen LogP) is 1.98. The number of carbonyl (C=O) groups excluding carboxylic acids is 2. The van der Waals surface area contributed by atoms with Gasteiger partial charge in [-0.05, 0) is 38.5 Å². The summed E-state index contributed by atoms with van der Waals surface area (Å²) in [7, 11) is 0. The lowest BCUT2D eigenvalue weighted by atomic mass is 9.77. The third kappa shape index (κ3) is 2.09. The van der Waals surface area contributed by atoms with E-state index in [0.717, 1.165) is 25.7 Å². The minimum absolute atomic E-state index is 0.116. The molecule has 1 saturated heterocycles. The highest BCUT2D eigenvalue weighted by molar-refractivity contribution is 6.07. The van der Waals surface area contributed by atoms with E-state index >= 15 is 0 Å². The highest BCUT2D eigenvalue weighted by atomic mass is 16.5. The number of aromatic nitrogens is 1. The standard InChI is InChI=1S/C14H19N3O3/c1-9-3-5-14(6-4-9)12(18)17(13(19)15-14)8-11-7-10(2)20-16-11/h7,9H,3-6,8H2,1-2H3,(H,15,19). The van der Waals surface area contributed by atoms with Gasteiger partial charge in [0.05, 0.1) is 6.54 Å². The number of hydrogen-bond acceptors (Lipinski definition) is 4. The first-order valence-electron chi connectivity index (χ1n) is 7.06. The molecule has 108 valence electrons. The molecule has 2 fully saturated rings. The second-order valence-corrected chi connectivity index (χ2v) is 6.01. The van der Waals surface area contributed by atoms with E-state index in [1.807, 2.05) is 0 Å². The molecule has 1 aromatic rings. The molecule has 6 heteroatoms. The maximum atomic E-state index is 12.6. The molecule has 1 saturated carbocycles. The van der Waals surface area contributed by atoms with Crippen LogP contribution in [-0.2, 0) is 11.3 Å². The normalized spacial score (nSPS) is 30.1. The van der Waals surface area contributed by atoms with Crippen LogP contribution < -0.4 is 5.32 Å². The van der Waals surface area contributed by atoms with Crippen molar-refractivity contribution in [2.75, 3.05) is 0 Å². The zero-order valence-electron chi connectivity index (χ0n) is 11.8. The Morgan fingerprint density at radius 2 is 2.15 bits per heavy atom. The monoisotopic (exact) mass is 277 g/mol. The van der Waals surface area contributed by atoms with Crippen LogP contribution in [-0.4, -0.2) is 27.5 Å². The molecule has 0 bridgehead atoms. The molecule has 1 aliphatic heterocycles. The molecule has 1 N–H and O–H groups in total. The SMILES string of the molecule is Cc1cc(CN2C(=O)NC3(CCC(C)CC3)C2=O)no1. The largest absolute Gasteiger partial charge is 0.361 e. The number of imide groups is 1. The molecule has 1 spiro atoms. The van der Waals surface area contributed by atoms with E-state index in [9.17, 15) is 9.59 Å². The van der Waals surface area contributed by atoms with Crippen LogP contribution in [0, 0.1) is 12.8 Å². The number of nitrogens with one attached hydrogen (secondary N) is 1. The van der Waals surface area contributed by atoms with Crippen molar-refractivity contribution in [1.29, 1.82) is 0 Å². The van der Waals surface area contributed by atoms with E-state index in [-0.39, 0.29) is 18.5 Å². The van der Waals surface area contributed by atoms with E-state index in [0.29, 0.717) is 17.4 Å². The van der Waals surface area contributed by atoms with E-state index in [4.69, 9.17) is 4.52 Å². The Morgan fingerprint density at radius 1 is 1.45 bits per heavy atom. The molecule has 2 heterocycles. The second-order valence-electron chi connectivity index (χ2n) is 6.01.